The zero-order valence-corrected chi connectivity index (χ0v) is 14.8. The first-order valence-electron chi connectivity index (χ1n) is 9.32. The predicted octanol–water partition coefficient (Wildman–Crippen LogP) is 0.803. The van der Waals surface area contributed by atoms with Gasteiger partial charge >= 0.3 is 0 Å². The van der Waals surface area contributed by atoms with Crippen molar-refractivity contribution in [1.82, 2.24) is 14.8 Å². The van der Waals surface area contributed by atoms with Crippen molar-refractivity contribution < 1.29 is 14.6 Å². The number of aromatic nitrogens is 1. The highest BCUT2D eigenvalue weighted by Crippen LogP contribution is 2.24. The van der Waals surface area contributed by atoms with Gasteiger partial charge in [-0.15, -0.1) is 0 Å². The number of aliphatic hydroxyl groups excluding tert-OH is 1. The van der Waals surface area contributed by atoms with Crippen LogP contribution in [-0.2, 0) is 16.0 Å². The number of hydrogen-bond acceptors (Lipinski definition) is 5. The van der Waals surface area contributed by atoms with Crippen LogP contribution in [0.5, 0.6) is 0 Å². The maximum Gasteiger partial charge on any atom is 0.222 e. The topological polar surface area (TPSA) is 65.9 Å². The van der Waals surface area contributed by atoms with Crippen LogP contribution < -0.4 is 0 Å². The number of aliphatic hydroxyl groups is 1. The number of nitrogens with zero attached hydrogens (tertiary/aromatic N) is 3. The van der Waals surface area contributed by atoms with Crippen molar-refractivity contribution in [3.63, 3.8) is 0 Å². The van der Waals surface area contributed by atoms with Crippen molar-refractivity contribution in [1.29, 1.82) is 0 Å². The van der Waals surface area contributed by atoms with E-state index in [0.717, 1.165) is 57.8 Å². The van der Waals surface area contributed by atoms with E-state index in [-0.39, 0.29) is 18.4 Å². The molecule has 2 fully saturated rings. The summed E-state index contributed by atoms with van der Waals surface area (Å²) in [7, 11) is 0. The fourth-order valence-electron chi connectivity index (χ4n) is 3.89. The number of aryl methyl sites for hydroxylation is 1. The van der Waals surface area contributed by atoms with E-state index in [1.165, 1.54) is 0 Å². The van der Waals surface area contributed by atoms with Crippen LogP contribution in [0.4, 0.5) is 0 Å². The van der Waals surface area contributed by atoms with Gasteiger partial charge in [0, 0.05) is 58.1 Å². The average Bonchev–Trinajstić information content (AvgIpc) is 2.67. The van der Waals surface area contributed by atoms with Gasteiger partial charge in [0.1, 0.15) is 0 Å². The summed E-state index contributed by atoms with van der Waals surface area (Å²) in [4.78, 5) is 21.1. The van der Waals surface area contributed by atoms with Crippen molar-refractivity contribution in [3.05, 3.63) is 30.1 Å². The Kier molecular flexibility index (Phi) is 6.78. The summed E-state index contributed by atoms with van der Waals surface area (Å²) in [5.74, 6) is 0.834. The number of rotatable bonds is 6. The van der Waals surface area contributed by atoms with Crippen molar-refractivity contribution in [2.24, 2.45) is 11.8 Å². The van der Waals surface area contributed by atoms with Crippen molar-refractivity contribution in [2.45, 2.75) is 19.3 Å². The van der Waals surface area contributed by atoms with Gasteiger partial charge in [-0.1, -0.05) is 0 Å². The molecule has 1 N–H and O–H groups in total. The number of piperidine rings is 1. The third-order valence-electron chi connectivity index (χ3n) is 5.23. The Labute approximate surface area is 149 Å². The molecule has 2 atom stereocenters. The molecule has 6 heteroatoms. The lowest BCUT2D eigenvalue weighted by atomic mass is 9.88. The number of morpholine rings is 1. The molecule has 2 saturated heterocycles. The number of pyridine rings is 1. The molecular formula is C19H29N3O3. The smallest absolute Gasteiger partial charge is 0.222 e. The monoisotopic (exact) mass is 347 g/mol. The number of ether oxygens (including phenoxy) is 1. The Bertz CT molecular complexity index is 534. The molecule has 0 spiro atoms. The summed E-state index contributed by atoms with van der Waals surface area (Å²) < 4.78 is 5.41. The third-order valence-corrected chi connectivity index (χ3v) is 5.23. The Morgan fingerprint density at radius 1 is 1.20 bits per heavy atom. The largest absolute Gasteiger partial charge is 0.396 e. The minimum absolute atomic E-state index is 0.160. The molecule has 0 radical (unpaired) electrons. The summed E-state index contributed by atoms with van der Waals surface area (Å²) in [5, 5.41) is 9.64. The second kappa shape index (κ2) is 9.27. The maximum absolute atomic E-state index is 12.7. The number of hydrogen-bond donors (Lipinski definition) is 1. The van der Waals surface area contributed by atoms with Crippen LogP contribution in [0.3, 0.4) is 0 Å². The van der Waals surface area contributed by atoms with Gasteiger partial charge in [-0.3, -0.25) is 14.7 Å². The highest BCUT2D eigenvalue weighted by Gasteiger charge is 2.30. The van der Waals surface area contributed by atoms with Gasteiger partial charge in [-0.25, -0.2) is 0 Å². The molecule has 0 aliphatic carbocycles. The lowest BCUT2D eigenvalue weighted by Gasteiger charge is -2.40. The quantitative estimate of drug-likeness (QED) is 0.825. The summed E-state index contributed by atoms with van der Waals surface area (Å²) in [6.45, 7) is 6.18. The highest BCUT2D eigenvalue weighted by atomic mass is 16.5. The van der Waals surface area contributed by atoms with Crippen molar-refractivity contribution >= 4 is 5.91 Å². The number of likely N-dealkylation sites (tertiary alicyclic amines) is 1. The minimum Gasteiger partial charge on any atom is -0.396 e. The Morgan fingerprint density at radius 3 is 2.64 bits per heavy atom. The number of carbonyl (C=O) groups is 1. The zero-order valence-electron chi connectivity index (χ0n) is 14.8. The zero-order chi connectivity index (χ0) is 17.5. The molecule has 1 aromatic rings. The molecule has 0 bridgehead atoms. The Balaban J connectivity index is 1.52. The van der Waals surface area contributed by atoms with Crippen LogP contribution in [0.15, 0.2) is 24.5 Å². The molecule has 2 aliphatic rings. The number of carbonyl (C=O) groups excluding carboxylic acids is 1. The van der Waals surface area contributed by atoms with E-state index in [9.17, 15) is 9.90 Å². The number of amides is 1. The van der Waals surface area contributed by atoms with E-state index in [4.69, 9.17) is 4.74 Å². The maximum atomic E-state index is 12.7. The summed E-state index contributed by atoms with van der Waals surface area (Å²) in [6.07, 6.45) is 5.80. The third kappa shape index (κ3) is 5.49. The SMILES string of the molecule is O=C(CCc1ccncc1)N1CC(CO)CC(CN2CCOCC2)C1. The molecule has 1 aromatic heterocycles. The first-order chi connectivity index (χ1) is 12.2. The molecule has 1 amide bonds. The van der Waals surface area contributed by atoms with E-state index < -0.39 is 0 Å². The van der Waals surface area contributed by atoms with Gasteiger partial charge in [0.2, 0.25) is 5.91 Å². The first kappa shape index (κ1) is 18.3. The van der Waals surface area contributed by atoms with E-state index in [2.05, 4.69) is 9.88 Å². The minimum atomic E-state index is 0.160. The Morgan fingerprint density at radius 2 is 1.92 bits per heavy atom. The van der Waals surface area contributed by atoms with E-state index in [0.29, 0.717) is 18.9 Å². The van der Waals surface area contributed by atoms with E-state index in [1.807, 2.05) is 17.0 Å². The highest BCUT2D eigenvalue weighted by molar-refractivity contribution is 5.76. The lowest BCUT2D eigenvalue weighted by molar-refractivity contribution is -0.134. The summed E-state index contributed by atoms with van der Waals surface area (Å²) in [6, 6.07) is 3.92. The standard InChI is InChI=1S/C19H29N3O3/c23-15-18-11-17(12-21-7-9-25-10-8-21)13-22(14-18)19(24)2-1-16-3-5-20-6-4-16/h3-6,17-18,23H,1-2,7-15H2. The van der Waals surface area contributed by atoms with Gasteiger partial charge in [0.15, 0.2) is 0 Å². The molecule has 138 valence electrons. The van der Waals surface area contributed by atoms with Gasteiger partial charge in [-0.05, 0) is 42.4 Å². The molecule has 6 nitrogen and oxygen atoms in total. The first-order valence-corrected chi connectivity index (χ1v) is 9.32. The fourth-order valence-corrected chi connectivity index (χ4v) is 3.89. The molecule has 3 rings (SSSR count). The van der Waals surface area contributed by atoms with Crippen LogP contribution in [0, 0.1) is 11.8 Å². The molecule has 25 heavy (non-hydrogen) atoms. The van der Waals surface area contributed by atoms with Crippen LogP contribution in [-0.4, -0.2) is 78.3 Å². The van der Waals surface area contributed by atoms with Crippen LogP contribution >= 0.6 is 0 Å². The van der Waals surface area contributed by atoms with Crippen molar-refractivity contribution in [2.75, 3.05) is 52.5 Å². The lowest BCUT2D eigenvalue weighted by Crippen LogP contribution is -2.49. The van der Waals surface area contributed by atoms with E-state index >= 15 is 0 Å². The molecule has 3 heterocycles. The average molecular weight is 347 g/mol. The van der Waals surface area contributed by atoms with Crippen molar-refractivity contribution in [3.8, 4) is 0 Å². The summed E-state index contributed by atoms with van der Waals surface area (Å²) in [5.41, 5.74) is 1.14. The van der Waals surface area contributed by atoms with E-state index in [1.54, 1.807) is 12.4 Å². The molecule has 0 aromatic carbocycles. The molecule has 2 unspecified atom stereocenters. The Hall–Kier alpha value is -1.50. The molecule has 2 aliphatic heterocycles. The normalized spacial score (nSPS) is 25.1. The second-order valence-electron chi connectivity index (χ2n) is 7.22. The predicted molar refractivity (Wildman–Crippen MR) is 95.1 cm³/mol. The van der Waals surface area contributed by atoms with Gasteiger partial charge in [0.25, 0.3) is 0 Å². The van der Waals surface area contributed by atoms with Crippen LogP contribution in [0.25, 0.3) is 0 Å². The molecular weight excluding hydrogens is 318 g/mol. The van der Waals surface area contributed by atoms with Crippen LogP contribution in [0.2, 0.25) is 0 Å². The summed E-state index contributed by atoms with van der Waals surface area (Å²) >= 11 is 0. The van der Waals surface area contributed by atoms with Gasteiger partial charge < -0.3 is 14.7 Å². The molecule has 0 saturated carbocycles. The van der Waals surface area contributed by atoms with Gasteiger partial charge in [0.05, 0.1) is 13.2 Å². The van der Waals surface area contributed by atoms with Crippen LogP contribution in [0.1, 0.15) is 18.4 Å². The van der Waals surface area contributed by atoms with Gasteiger partial charge in [-0.2, -0.15) is 0 Å². The fraction of sp³-hybridized carbons (Fsp3) is 0.684. The second-order valence-corrected chi connectivity index (χ2v) is 7.22.